The maximum atomic E-state index is 13.9. The quantitative estimate of drug-likeness (QED) is 0.122. The van der Waals surface area contributed by atoms with Crippen LogP contribution in [0.4, 0.5) is 9.59 Å². The molecule has 8 rings (SSSR count). The van der Waals surface area contributed by atoms with Crippen molar-refractivity contribution in [3.63, 3.8) is 0 Å². The third-order valence-electron chi connectivity index (χ3n) is 13.0. The smallest absolute Gasteiger partial charge is 0.407 e. The molecular weight excluding hydrogens is 785 g/mol. The molecule has 62 heavy (non-hydrogen) atoms. The summed E-state index contributed by atoms with van der Waals surface area (Å²) in [6, 6.07) is 18.9. The van der Waals surface area contributed by atoms with E-state index in [2.05, 4.69) is 74.0 Å². The average molecular weight is 839 g/mol. The van der Waals surface area contributed by atoms with Crippen LogP contribution in [0.25, 0.3) is 43.6 Å². The number of imidazole rings is 1. The second kappa shape index (κ2) is 17.5. The number of hydrogen-bond acceptors (Lipinski definition) is 8. The molecule has 5 atom stereocenters. The lowest BCUT2D eigenvalue weighted by molar-refractivity contribution is -0.135. The van der Waals surface area contributed by atoms with Crippen LogP contribution in [0, 0.1) is 17.9 Å². The predicted molar refractivity (Wildman–Crippen MR) is 237 cm³/mol. The van der Waals surface area contributed by atoms with Crippen molar-refractivity contribution in [1.82, 2.24) is 30.4 Å². The number of benzene rings is 3. The minimum absolute atomic E-state index is 0.0761. The molecule has 322 valence electrons. The molecule has 4 aromatic rings. The van der Waals surface area contributed by atoms with Crippen molar-refractivity contribution in [2.75, 3.05) is 27.3 Å². The van der Waals surface area contributed by atoms with Gasteiger partial charge in [-0.1, -0.05) is 75.7 Å². The molecule has 14 heteroatoms. The molecule has 3 aliphatic heterocycles. The zero-order chi connectivity index (χ0) is 43.7. The van der Waals surface area contributed by atoms with Gasteiger partial charge in [0.2, 0.25) is 17.9 Å². The zero-order valence-corrected chi connectivity index (χ0v) is 35.9. The fourth-order valence-corrected chi connectivity index (χ4v) is 9.31. The summed E-state index contributed by atoms with van der Waals surface area (Å²) in [7, 11) is 2.58. The molecule has 14 nitrogen and oxygen atoms in total. The Bertz CT molecular complexity index is 2480. The van der Waals surface area contributed by atoms with Crippen molar-refractivity contribution in [3.05, 3.63) is 95.9 Å². The van der Waals surface area contributed by atoms with Gasteiger partial charge in [0.15, 0.2) is 0 Å². The van der Waals surface area contributed by atoms with Crippen LogP contribution in [0.3, 0.4) is 0 Å². The van der Waals surface area contributed by atoms with E-state index in [1.165, 1.54) is 14.2 Å². The van der Waals surface area contributed by atoms with Gasteiger partial charge in [-0.3, -0.25) is 14.6 Å². The van der Waals surface area contributed by atoms with Gasteiger partial charge in [0.25, 0.3) is 0 Å². The first kappa shape index (κ1) is 42.2. The van der Waals surface area contributed by atoms with Gasteiger partial charge in [-0.05, 0) is 87.7 Å². The first-order valence-electron chi connectivity index (χ1n) is 21.5. The van der Waals surface area contributed by atoms with Gasteiger partial charge in [-0.15, -0.1) is 0 Å². The Morgan fingerprint density at radius 3 is 2.21 bits per heavy atom. The second-order valence-electron chi connectivity index (χ2n) is 17.5. The molecule has 0 unspecified atom stereocenters. The Labute approximate surface area is 362 Å². The monoisotopic (exact) mass is 838 g/mol. The zero-order valence-electron chi connectivity index (χ0n) is 35.9. The number of aliphatic imine (C=N–C) groups is 1. The van der Waals surface area contributed by atoms with Gasteiger partial charge in [0.05, 0.1) is 51.2 Å². The molecule has 3 fully saturated rings. The number of hydrogen-bond donors (Lipinski definition) is 3. The number of amides is 4. The molecule has 0 radical (unpaired) electrons. The molecular formula is C48H54N8O6. The number of aromatic nitrogens is 2. The van der Waals surface area contributed by atoms with Crippen LogP contribution in [-0.4, -0.2) is 101 Å². The summed E-state index contributed by atoms with van der Waals surface area (Å²) in [5.74, 6) is 0.189. The van der Waals surface area contributed by atoms with Gasteiger partial charge in [-0.25, -0.2) is 21.1 Å². The van der Waals surface area contributed by atoms with Crippen molar-refractivity contribution in [2.45, 2.75) is 95.9 Å². The summed E-state index contributed by atoms with van der Waals surface area (Å²) >= 11 is 0. The molecule has 4 amide bonds. The summed E-state index contributed by atoms with van der Waals surface area (Å²) < 4.78 is 9.59. The lowest BCUT2D eigenvalue weighted by atomic mass is 9.93. The van der Waals surface area contributed by atoms with E-state index < -0.39 is 30.3 Å². The van der Waals surface area contributed by atoms with E-state index >= 15 is 0 Å². The Morgan fingerprint density at radius 2 is 1.55 bits per heavy atom. The number of allylic oxidation sites excluding steroid dienone is 1. The average Bonchev–Trinajstić information content (AvgIpc) is 3.79. The molecule has 1 aromatic heterocycles. The van der Waals surface area contributed by atoms with Gasteiger partial charge in [0.1, 0.15) is 17.9 Å². The van der Waals surface area contributed by atoms with E-state index in [0.29, 0.717) is 38.1 Å². The normalized spacial score (nSPS) is 21.0. The van der Waals surface area contributed by atoms with Gasteiger partial charge in [0, 0.05) is 24.9 Å². The van der Waals surface area contributed by atoms with Gasteiger partial charge < -0.3 is 39.7 Å². The fraction of sp³-hybridized carbons (Fsp3) is 0.438. The first-order valence-corrected chi connectivity index (χ1v) is 21.5. The molecule has 2 saturated heterocycles. The number of carbonyl (C=O) groups excluding carboxylic acids is 4. The number of nitrogens with zero attached hydrogens (tertiary/aromatic N) is 5. The molecule has 4 aliphatic rings. The number of carbonyl (C=O) groups is 4. The summed E-state index contributed by atoms with van der Waals surface area (Å²) in [4.78, 5) is 72.1. The van der Waals surface area contributed by atoms with Crippen molar-refractivity contribution < 1.29 is 28.7 Å². The SMILES string of the molecule is [C-]#[N+][C@H]1C[C@@H](c2ncc(-c3ccc(-c4ccc5cc(C6=CN=C([C@@H]7CC8(CC8)CN7C(=O)[C@@H](NC(=O)OC)C(C)C)C6)ccc5c4)cc3)[nH]2)N(C(=O)[C@H](CCC)NC(=O)OC)C1. The molecule has 1 spiro atoms. The number of H-pyrrole nitrogens is 1. The molecule has 3 aromatic carbocycles. The summed E-state index contributed by atoms with van der Waals surface area (Å²) in [6.07, 6.45) is 7.82. The number of methoxy groups -OCH3 is 2. The maximum absolute atomic E-state index is 13.9. The number of likely N-dealkylation sites (tertiary alicyclic amines) is 2. The number of aromatic amines is 1. The van der Waals surface area contributed by atoms with Crippen LogP contribution in [0.5, 0.6) is 0 Å². The molecule has 0 bridgehead atoms. The highest BCUT2D eigenvalue weighted by molar-refractivity contribution is 6.05. The van der Waals surface area contributed by atoms with Crippen LogP contribution in [-0.2, 0) is 19.1 Å². The highest BCUT2D eigenvalue weighted by atomic mass is 16.5. The summed E-state index contributed by atoms with van der Waals surface area (Å²) in [5.41, 5.74) is 7.26. The highest BCUT2D eigenvalue weighted by Crippen LogP contribution is 2.55. The summed E-state index contributed by atoms with van der Waals surface area (Å²) in [6.45, 7) is 14.4. The second-order valence-corrected chi connectivity index (χ2v) is 17.5. The Hall–Kier alpha value is -6.49. The van der Waals surface area contributed by atoms with Crippen LogP contribution < -0.4 is 10.6 Å². The van der Waals surface area contributed by atoms with E-state index in [1.807, 2.05) is 44.0 Å². The Balaban J connectivity index is 0.932. The van der Waals surface area contributed by atoms with E-state index in [0.717, 1.165) is 69.3 Å². The number of fused-ring (bicyclic) bond motifs is 1. The van der Waals surface area contributed by atoms with E-state index in [9.17, 15) is 19.2 Å². The summed E-state index contributed by atoms with van der Waals surface area (Å²) in [5, 5.41) is 7.66. The molecule has 1 aliphatic carbocycles. The third-order valence-corrected chi connectivity index (χ3v) is 13.0. The van der Waals surface area contributed by atoms with Crippen LogP contribution in [0.2, 0.25) is 0 Å². The highest BCUT2D eigenvalue weighted by Gasteiger charge is 2.55. The fourth-order valence-electron chi connectivity index (χ4n) is 9.31. The van der Waals surface area contributed by atoms with Crippen molar-refractivity contribution in [3.8, 4) is 22.4 Å². The lowest BCUT2D eigenvalue weighted by Crippen LogP contribution is -2.53. The molecule has 1 saturated carbocycles. The van der Waals surface area contributed by atoms with Crippen LogP contribution in [0.15, 0.2) is 78.1 Å². The van der Waals surface area contributed by atoms with Gasteiger partial charge in [-0.2, -0.15) is 0 Å². The number of rotatable bonds is 12. The Morgan fingerprint density at radius 1 is 0.887 bits per heavy atom. The van der Waals surface area contributed by atoms with Crippen molar-refractivity contribution in [1.29, 1.82) is 0 Å². The maximum Gasteiger partial charge on any atom is 0.407 e. The molecule has 4 heterocycles. The van der Waals surface area contributed by atoms with Crippen molar-refractivity contribution in [2.24, 2.45) is 16.3 Å². The van der Waals surface area contributed by atoms with E-state index in [4.69, 9.17) is 21.0 Å². The minimum atomic E-state index is -0.752. The lowest BCUT2D eigenvalue weighted by Gasteiger charge is -2.31. The number of alkyl carbamates (subject to hydrolysis) is 2. The molecule has 3 N–H and O–H groups in total. The van der Waals surface area contributed by atoms with E-state index in [-0.39, 0.29) is 41.8 Å². The number of nitrogens with one attached hydrogen (secondary N) is 3. The number of ether oxygens (including phenoxy) is 2. The topological polar surface area (TPSA) is 163 Å². The minimum Gasteiger partial charge on any atom is -0.453 e. The largest absolute Gasteiger partial charge is 0.453 e. The van der Waals surface area contributed by atoms with Crippen molar-refractivity contribution >= 4 is 46.1 Å². The van der Waals surface area contributed by atoms with Crippen LogP contribution >= 0.6 is 0 Å². The third kappa shape index (κ3) is 8.53. The van der Waals surface area contributed by atoms with Gasteiger partial charge >= 0.3 is 12.2 Å². The standard InChI is InChI=1S/C48H54N8O6/c1-7-8-37(53-46(59)61-5)44(57)55-26-36(49-4)22-40(55)43-51-25-39(52-43)30-11-9-29(10-12-30)31-13-14-33-20-34(16-15-32(33)19-31)35-21-38(50-24-35)41-23-48(17-18-48)27-56(41)45(58)42(28(2)3)54-47(60)62-6/h9-16,19-20,24-25,28,36-37,40-42H,7-8,17-18,21-23,26-27H2,1-3,5-6H3,(H,51,52)(H,53,59)(H,54,60)/t36-,37-,40-,41-,42-/m0/s1. The Kier molecular flexibility index (Phi) is 11.9. The van der Waals surface area contributed by atoms with Crippen LogP contribution in [0.1, 0.15) is 83.1 Å². The van der Waals surface area contributed by atoms with E-state index in [1.54, 1.807) is 11.1 Å². The predicted octanol–water partition coefficient (Wildman–Crippen LogP) is 7.93. The first-order chi connectivity index (χ1) is 29.9.